The Morgan fingerprint density at radius 2 is 2.08 bits per heavy atom. The van der Waals surface area contributed by atoms with Crippen molar-refractivity contribution in [2.24, 2.45) is 0 Å². The van der Waals surface area contributed by atoms with E-state index in [2.05, 4.69) is 31.3 Å². The molecule has 1 N–H and O–H groups in total. The molecule has 0 aliphatic rings. The fourth-order valence-electron chi connectivity index (χ4n) is 1.23. The zero-order chi connectivity index (χ0) is 9.23. The minimum Gasteiger partial charge on any atom is -0.394 e. The van der Waals surface area contributed by atoms with Crippen LogP contribution in [0.3, 0.4) is 0 Å². The predicted molar refractivity (Wildman–Crippen MR) is 56.1 cm³/mol. The minimum absolute atomic E-state index is 1.10. The molecule has 0 unspecified atom stereocenters. The average Bonchev–Trinajstić information content (AvgIpc) is 2.06. The van der Waals surface area contributed by atoms with Crippen LogP contribution in [-0.2, 0) is 0 Å². The van der Waals surface area contributed by atoms with Crippen LogP contribution in [0.15, 0.2) is 23.9 Å². The lowest BCUT2D eigenvalue weighted by Crippen LogP contribution is -1.91. The van der Waals surface area contributed by atoms with Gasteiger partial charge in [-0.1, -0.05) is 38.0 Å². The van der Waals surface area contributed by atoms with Crippen molar-refractivity contribution in [1.29, 1.82) is 0 Å². The molecule has 0 aliphatic heterocycles. The normalized spacial score (nSPS) is 12.4. The lowest BCUT2D eigenvalue weighted by molar-refractivity contribution is 0.867. The van der Waals surface area contributed by atoms with E-state index in [4.69, 9.17) is 0 Å². The smallest absolute Gasteiger partial charge is 0.00276 e. The summed E-state index contributed by atoms with van der Waals surface area (Å²) in [5.74, 6) is 0. The predicted octanol–water partition coefficient (Wildman–Crippen LogP) is 3.25. The van der Waals surface area contributed by atoms with Gasteiger partial charge < -0.3 is 5.32 Å². The summed E-state index contributed by atoms with van der Waals surface area (Å²) in [5.41, 5.74) is 1.56. The van der Waals surface area contributed by atoms with Crippen LogP contribution in [0.25, 0.3) is 0 Å². The Hall–Kier alpha value is -0.720. The molecule has 0 spiro atoms. The first kappa shape index (κ1) is 11.3. The van der Waals surface area contributed by atoms with Crippen LogP contribution < -0.4 is 5.32 Å². The van der Waals surface area contributed by atoms with Crippen molar-refractivity contribution in [2.75, 3.05) is 7.05 Å². The number of nitrogens with one attached hydrogen (secondary N) is 1. The van der Waals surface area contributed by atoms with E-state index in [0.29, 0.717) is 0 Å². The highest BCUT2D eigenvalue weighted by molar-refractivity contribution is 5.06. The van der Waals surface area contributed by atoms with Gasteiger partial charge in [0.05, 0.1) is 0 Å². The Balaban J connectivity index is 3.78. The molecule has 0 aromatic rings. The van der Waals surface area contributed by atoms with Crippen LogP contribution in [-0.4, -0.2) is 7.05 Å². The highest BCUT2D eigenvalue weighted by Gasteiger charge is 1.91. The van der Waals surface area contributed by atoms with Crippen LogP contribution in [0, 0.1) is 0 Å². The summed E-state index contributed by atoms with van der Waals surface area (Å²) in [6.45, 7) is 4.42. The van der Waals surface area contributed by atoms with Crippen molar-refractivity contribution < 1.29 is 0 Å². The van der Waals surface area contributed by atoms with Gasteiger partial charge >= 0.3 is 0 Å². The Bertz CT molecular complexity index is 145. The Morgan fingerprint density at radius 1 is 1.33 bits per heavy atom. The fourth-order valence-corrected chi connectivity index (χ4v) is 1.23. The lowest BCUT2D eigenvalue weighted by Gasteiger charge is -2.01. The highest BCUT2D eigenvalue weighted by Crippen LogP contribution is 2.10. The van der Waals surface area contributed by atoms with E-state index in [-0.39, 0.29) is 0 Å². The lowest BCUT2D eigenvalue weighted by atomic mass is 10.1. The van der Waals surface area contributed by atoms with Gasteiger partial charge in [0.1, 0.15) is 0 Å². The van der Waals surface area contributed by atoms with E-state index in [9.17, 15) is 0 Å². The van der Waals surface area contributed by atoms with Crippen LogP contribution in [0.1, 0.15) is 39.5 Å². The maximum Gasteiger partial charge on any atom is 0.00276 e. The number of allylic oxidation sites excluding steroid dienone is 3. The number of rotatable bonds is 6. The average molecular weight is 167 g/mol. The summed E-state index contributed by atoms with van der Waals surface area (Å²) >= 11 is 0. The van der Waals surface area contributed by atoms with Gasteiger partial charge in [-0.2, -0.15) is 0 Å². The molecule has 0 fully saturated rings. The van der Waals surface area contributed by atoms with E-state index < -0.39 is 0 Å². The first-order valence-electron chi connectivity index (χ1n) is 4.85. The third-order valence-electron chi connectivity index (χ3n) is 1.73. The molecular formula is C11H21N. The third-order valence-corrected chi connectivity index (χ3v) is 1.73. The number of hydrogen-bond acceptors (Lipinski definition) is 1. The van der Waals surface area contributed by atoms with Gasteiger partial charge in [0.25, 0.3) is 0 Å². The van der Waals surface area contributed by atoms with Crippen molar-refractivity contribution in [1.82, 2.24) is 5.32 Å². The maximum atomic E-state index is 3.00. The van der Waals surface area contributed by atoms with Gasteiger partial charge in [-0.3, -0.25) is 0 Å². The summed E-state index contributed by atoms with van der Waals surface area (Å²) in [4.78, 5) is 0. The third kappa shape index (κ3) is 6.02. The van der Waals surface area contributed by atoms with Gasteiger partial charge in [0.2, 0.25) is 0 Å². The van der Waals surface area contributed by atoms with E-state index in [1.54, 1.807) is 5.57 Å². The van der Waals surface area contributed by atoms with Gasteiger partial charge in [0, 0.05) is 7.05 Å². The van der Waals surface area contributed by atoms with Crippen molar-refractivity contribution in [3.05, 3.63) is 23.9 Å². The number of hydrogen-bond donors (Lipinski definition) is 1. The van der Waals surface area contributed by atoms with Gasteiger partial charge in [-0.15, -0.1) is 0 Å². The SMILES string of the molecule is CC/C=C(\C/C=C/NC)CCC. The maximum absolute atomic E-state index is 3.00. The molecule has 0 aromatic heterocycles. The van der Waals surface area contributed by atoms with Crippen molar-refractivity contribution in [2.45, 2.75) is 39.5 Å². The Labute approximate surface area is 76.6 Å². The van der Waals surface area contributed by atoms with Gasteiger partial charge in [0.15, 0.2) is 0 Å². The zero-order valence-corrected chi connectivity index (χ0v) is 8.56. The largest absolute Gasteiger partial charge is 0.394 e. The summed E-state index contributed by atoms with van der Waals surface area (Å²) in [6, 6.07) is 0. The standard InChI is InChI=1S/C11H21N/c1-4-7-11(8-5-2)9-6-10-12-3/h6-7,10,12H,4-5,8-9H2,1-3H3/b10-6+,11-7-. The molecule has 0 rings (SSSR count). The second-order valence-electron chi connectivity index (χ2n) is 2.92. The first-order valence-corrected chi connectivity index (χ1v) is 4.85. The molecule has 0 atom stereocenters. The molecule has 0 radical (unpaired) electrons. The molecule has 0 amide bonds. The van der Waals surface area contributed by atoms with E-state index in [1.807, 2.05) is 13.2 Å². The molecular weight excluding hydrogens is 146 g/mol. The van der Waals surface area contributed by atoms with Gasteiger partial charge in [-0.05, 0) is 25.5 Å². The Morgan fingerprint density at radius 3 is 2.58 bits per heavy atom. The molecule has 0 saturated carbocycles. The van der Waals surface area contributed by atoms with Crippen LogP contribution >= 0.6 is 0 Å². The molecule has 0 saturated heterocycles. The molecule has 12 heavy (non-hydrogen) atoms. The van der Waals surface area contributed by atoms with Crippen LogP contribution in [0.2, 0.25) is 0 Å². The molecule has 0 aromatic carbocycles. The quantitative estimate of drug-likeness (QED) is 0.599. The molecule has 0 heterocycles. The minimum atomic E-state index is 1.10. The summed E-state index contributed by atoms with van der Waals surface area (Å²) in [5, 5.41) is 3.00. The molecule has 1 heteroatoms. The second-order valence-corrected chi connectivity index (χ2v) is 2.92. The zero-order valence-electron chi connectivity index (χ0n) is 8.56. The molecule has 0 bridgehead atoms. The monoisotopic (exact) mass is 167 g/mol. The van der Waals surface area contributed by atoms with Crippen molar-refractivity contribution in [3.63, 3.8) is 0 Å². The highest BCUT2D eigenvalue weighted by atomic mass is 14.8. The Kier molecular flexibility index (Phi) is 7.87. The van der Waals surface area contributed by atoms with E-state index in [0.717, 1.165) is 12.8 Å². The molecule has 70 valence electrons. The van der Waals surface area contributed by atoms with Crippen molar-refractivity contribution in [3.8, 4) is 0 Å². The fraction of sp³-hybridized carbons (Fsp3) is 0.636. The summed E-state index contributed by atoms with van der Waals surface area (Å²) < 4.78 is 0. The van der Waals surface area contributed by atoms with Gasteiger partial charge in [-0.25, -0.2) is 0 Å². The topological polar surface area (TPSA) is 12.0 Å². The first-order chi connectivity index (χ1) is 5.85. The van der Waals surface area contributed by atoms with E-state index in [1.165, 1.54) is 12.8 Å². The van der Waals surface area contributed by atoms with E-state index >= 15 is 0 Å². The van der Waals surface area contributed by atoms with Crippen LogP contribution in [0.5, 0.6) is 0 Å². The summed E-state index contributed by atoms with van der Waals surface area (Å²) in [7, 11) is 1.93. The molecule has 0 aliphatic carbocycles. The van der Waals surface area contributed by atoms with Crippen molar-refractivity contribution >= 4 is 0 Å². The molecule has 1 nitrogen and oxygen atoms in total. The summed E-state index contributed by atoms with van der Waals surface area (Å²) in [6.07, 6.45) is 11.3. The van der Waals surface area contributed by atoms with Crippen LogP contribution in [0.4, 0.5) is 0 Å². The second kappa shape index (κ2) is 8.38.